The van der Waals surface area contributed by atoms with Gasteiger partial charge in [-0.25, -0.2) is 4.79 Å². The van der Waals surface area contributed by atoms with Crippen LogP contribution in [0.1, 0.15) is 43.1 Å². The number of esters is 1. The van der Waals surface area contributed by atoms with Crippen molar-refractivity contribution in [3.8, 4) is 0 Å². The number of hydrogen-bond donors (Lipinski definition) is 1. The lowest BCUT2D eigenvalue weighted by molar-refractivity contribution is -0.125. The van der Waals surface area contributed by atoms with Gasteiger partial charge in [-0.15, -0.1) is 0 Å². The number of carbonyl (C=O) groups is 2. The fourth-order valence-electron chi connectivity index (χ4n) is 4.19. The Morgan fingerprint density at radius 3 is 2.82 bits per heavy atom. The predicted molar refractivity (Wildman–Crippen MR) is 82.2 cm³/mol. The van der Waals surface area contributed by atoms with Gasteiger partial charge in [-0.05, 0) is 56.1 Å². The zero-order valence-electron chi connectivity index (χ0n) is 13.2. The number of carbonyl (C=O) groups excluding carboxylic acids is 2. The lowest BCUT2D eigenvalue weighted by Crippen LogP contribution is -2.42. The Kier molecular flexibility index (Phi) is 4.23. The Morgan fingerprint density at radius 1 is 1.41 bits per heavy atom. The van der Waals surface area contributed by atoms with E-state index in [9.17, 15) is 9.59 Å². The number of nitrogens with zero attached hydrogens (tertiary/aromatic N) is 1. The van der Waals surface area contributed by atoms with E-state index in [1.165, 1.54) is 25.7 Å². The van der Waals surface area contributed by atoms with Crippen molar-refractivity contribution in [1.29, 1.82) is 0 Å². The second kappa shape index (κ2) is 6.15. The molecule has 3 rings (SSSR count). The Bertz CT molecular complexity index is 566. The van der Waals surface area contributed by atoms with E-state index in [1.807, 2.05) is 0 Å². The number of rotatable bonds is 5. The summed E-state index contributed by atoms with van der Waals surface area (Å²) >= 11 is 0. The molecule has 0 aromatic carbocycles. The van der Waals surface area contributed by atoms with Crippen molar-refractivity contribution in [1.82, 2.24) is 9.88 Å². The van der Waals surface area contributed by atoms with Gasteiger partial charge < -0.3 is 14.6 Å². The summed E-state index contributed by atoms with van der Waals surface area (Å²) < 4.78 is 6.76. The average Bonchev–Trinajstić information content (AvgIpc) is 3.20. The van der Waals surface area contributed by atoms with Crippen molar-refractivity contribution in [2.45, 2.75) is 38.6 Å². The quantitative estimate of drug-likeness (QED) is 0.848. The predicted octanol–water partition coefficient (Wildman–Crippen LogP) is 2.12. The third-order valence-electron chi connectivity index (χ3n) is 5.31. The Hall–Kier alpha value is -1.78. The Balaban J connectivity index is 1.44. The maximum Gasteiger partial charge on any atom is 0.355 e. The smallest absolute Gasteiger partial charge is 0.355 e. The molecule has 0 spiro atoms. The van der Waals surface area contributed by atoms with Gasteiger partial charge >= 0.3 is 5.97 Å². The van der Waals surface area contributed by atoms with Gasteiger partial charge in [-0.1, -0.05) is 6.42 Å². The van der Waals surface area contributed by atoms with Crippen LogP contribution in [0.15, 0.2) is 18.3 Å². The molecule has 1 heterocycles. The summed E-state index contributed by atoms with van der Waals surface area (Å²) in [7, 11) is 1.77. The SMILES string of the molecule is CC(NC(=O)COC(=O)c1cccn1C)C1CC2CCC1C2. The number of amides is 1. The largest absolute Gasteiger partial charge is 0.451 e. The Morgan fingerprint density at radius 2 is 2.23 bits per heavy atom. The lowest BCUT2D eigenvalue weighted by atomic mass is 9.84. The van der Waals surface area contributed by atoms with Crippen LogP contribution in [0.3, 0.4) is 0 Å². The van der Waals surface area contributed by atoms with Gasteiger partial charge in [0.15, 0.2) is 6.61 Å². The molecule has 5 heteroatoms. The highest BCUT2D eigenvalue weighted by Crippen LogP contribution is 2.49. The van der Waals surface area contributed by atoms with E-state index in [-0.39, 0.29) is 18.6 Å². The normalized spacial score (nSPS) is 27.6. The summed E-state index contributed by atoms with van der Waals surface area (Å²) in [5.74, 6) is 1.55. The van der Waals surface area contributed by atoms with Crippen molar-refractivity contribution in [3.63, 3.8) is 0 Å². The molecule has 1 N–H and O–H groups in total. The molecule has 2 fully saturated rings. The second-order valence-corrected chi connectivity index (χ2v) is 6.78. The summed E-state index contributed by atoms with van der Waals surface area (Å²) in [6.45, 7) is 1.86. The second-order valence-electron chi connectivity index (χ2n) is 6.78. The minimum absolute atomic E-state index is 0.163. The average molecular weight is 304 g/mol. The van der Waals surface area contributed by atoms with Gasteiger partial charge in [0.05, 0.1) is 0 Å². The summed E-state index contributed by atoms with van der Waals surface area (Å²) in [6, 6.07) is 3.61. The first kappa shape index (κ1) is 15.1. The first-order valence-electron chi connectivity index (χ1n) is 8.12. The number of nitrogens with one attached hydrogen (secondary N) is 1. The molecule has 4 unspecified atom stereocenters. The molecule has 22 heavy (non-hydrogen) atoms. The van der Waals surface area contributed by atoms with Crippen molar-refractivity contribution < 1.29 is 14.3 Å². The zero-order chi connectivity index (χ0) is 15.7. The van der Waals surface area contributed by atoms with Crippen LogP contribution in [0.4, 0.5) is 0 Å². The number of aryl methyl sites for hydroxylation is 1. The molecule has 120 valence electrons. The summed E-state index contributed by atoms with van der Waals surface area (Å²) in [6.07, 6.45) is 6.99. The van der Waals surface area contributed by atoms with Crippen LogP contribution in [0.2, 0.25) is 0 Å². The lowest BCUT2D eigenvalue weighted by Gasteiger charge is -2.28. The highest BCUT2D eigenvalue weighted by Gasteiger charge is 2.42. The van der Waals surface area contributed by atoms with Crippen molar-refractivity contribution >= 4 is 11.9 Å². The van der Waals surface area contributed by atoms with Crippen LogP contribution in [0.25, 0.3) is 0 Å². The molecule has 2 aliphatic rings. The Labute approximate surface area is 131 Å². The van der Waals surface area contributed by atoms with Gasteiger partial charge in [0.25, 0.3) is 5.91 Å². The number of fused-ring (bicyclic) bond motifs is 2. The van der Waals surface area contributed by atoms with Crippen LogP contribution >= 0.6 is 0 Å². The molecule has 5 nitrogen and oxygen atoms in total. The van der Waals surface area contributed by atoms with E-state index in [1.54, 1.807) is 29.9 Å². The van der Waals surface area contributed by atoms with Crippen LogP contribution in [0.5, 0.6) is 0 Å². The molecule has 0 saturated heterocycles. The molecule has 1 aromatic rings. The topological polar surface area (TPSA) is 60.3 Å². The molecule has 2 bridgehead atoms. The van der Waals surface area contributed by atoms with E-state index in [4.69, 9.17) is 4.74 Å². The monoisotopic (exact) mass is 304 g/mol. The molecule has 4 atom stereocenters. The van der Waals surface area contributed by atoms with Crippen molar-refractivity contribution in [3.05, 3.63) is 24.0 Å². The first-order chi connectivity index (χ1) is 10.5. The summed E-state index contributed by atoms with van der Waals surface area (Å²) in [4.78, 5) is 23.8. The van der Waals surface area contributed by atoms with E-state index < -0.39 is 5.97 Å². The maximum absolute atomic E-state index is 12.0. The van der Waals surface area contributed by atoms with Crippen molar-refractivity contribution in [2.75, 3.05) is 6.61 Å². The fraction of sp³-hybridized carbons (Fsp3) is 0.647. The standard InChI is InChI=1S/C17H24N2O3/c1-11(14-9-12-5-6-13(14)8-12)18-16(20)10-22-17(21)15-4-3-7-19(15)2/h3-4,7,11-14H,5-6,8-10H2,1-2H3,(H,18,20). The highest BCUT2D eigenvalue weighted by atomic mass is 16.5. The minimum atomic E-state index is -0.463. The van der Waals surface area contributed by atoms with E-state index >= 15 is 0 Å². The molecular formula is C17H24N2O3. The van der Waals surface area contributed by atoms with E-state index in [2.05, 4.69) is 12.2 Å². The van der Waals surface area contributed by atoms with Gasteiger partial charge in [0.1, 0.15) is 5.69 Å². The van der Waals surface area contributed by atoms with Crippen molar-refractivity contribution in [2.24, 2.45) is 24.8 Å². The molecule has 0 radical (unpaired) electrons. The van der Waals surface area contributed by atoms with Gasteiger partial charge in [0, 0.05) is 19.3 Å². The van der Waals surface area contributed by atoms with E-state index in [0.717, 1.165) is 11.8 Å². The minimum Gasteiger partial charge on any atom is -0.451 e. The third kappa shape index (κ3) is 3.03. The summed E-state index contributed by atoms with van der Waals surface area (Å²) in [5, 5.41) is 3.00. The number of hydrogen-bond acceptors (Lipinski definition) is 3. The number of ether oxygens (including phenoxy) is 1. The molecule has 0 aliphatic heterocycles. The molecular weight excluding hydrogens is 280 g/mol. The first-order valence-corrected chi connectivity index (χ1v) is 8.12. The third-order valence-corrected chi connectivity index (χ3v) is 5.31. The maximum atomic E-state index is 12.0. The molecule has 1 aromatic heterocycles. The number of aromatic nitrogens is 1. The van der Waals surface area contributed by atoms with Gasteiger partial charge in [-0.2, -0.15) is 0 Å². The fourth-order valence-corrected chi connectivity index (χ4v) is 4.19. The van der Waals surface area contributed by atoms with E-state index in [0.29, 0.717) is 11.6 Å². The molecule has 2 aliphatic carbocycles. The van der Waals surface area contributed by atoms with Gasteiger partial charge in [-0.3, -0.25) is 4.79 Å². The van der Waals surface area contributed by atoms with Crippen LogP contribution in [-0.2, 0) is 16.6 Å². The highest BCUT2D eigenvalue weighted by molar-refractivity contribution is 5.89. The van der Waals surface area contributed by atoms with Crippen LogP contribution in [0, 0.1) is 17.8 Å². The molecule has 1 amide bonds. The van der Waals surface area contributed by atoms with Crippen LogP contribution < -0.4 is 5.32 Å². The zero-order valence-corrected chi connectivity index (χ0v) is 13.2. The molecule has 2 saturated carbocycles. The summed E-state index contributed by atoms with van der Waals surface area (Å²) in [5.41, 5.74) is 0.453. The van der Waals surface area contributed by atoms with Crippen LogP contribution in [-0.4, -0.2) is 29.1 Å². The van der Waals surface area contributed by atoms with Gasteiger partial charge in [0.2, 0.25) is 0 Å².